The van der Waals surface area contributed by atoms with Crippen LogP contribution in [0.4, 0.5) is 0 Å². The number of amides is 2. The summed E-state index contributed by atoms with van der Waals surface area (Å²) in [7, 11) is -3.57. The van der Waals surface area contributed by atoms with Crippen LogP contribution in [0.2, 0.25) is 0 Å². The molecule has 0 spiro atoms. The third-order valence-electron chi connectivity index (χ3n) is 5.26. The predicted molar refractivity (Wildman–Crippen MR) is 119 cm³/mol. The van der Waals surface area contributed by atoms with Crippen molar-refractivity contribution in [2.24, 2.45) is 0 Å². The number of piperidine rings is 1. The Bertz CT molecular complexity index is 987. The minimum atomic E-state index is -3.57. The molecule has 166 valence electrons. The fourth-order valence-corrected chi connectivity index (χ4v) is 5.33. The molecule has 1 aliphatic heterocycles. The molecular formula is C23H29N3O4S. The average molecular weight is 444 g/mol. The van der Waals surface area contributed by atoms with Gasteiger partial charge in [0.25, 0.3) is 0 Å². The monoisotopic (exact) mass is 443 g/mol. The van der Waals surface area contributed by atoms with Gasteiger partial charge in [0.1, 0.15) is 0 Å². The van der Waals surface area contributed by atoms with Gasteiger partial charge < -0.3 is 10.6 Å². The molecule has 0 aliphatic carbocycles. The van der Waals surface area contributed by atoms with Crippen LogP contribution in [-0.4, -0.2) is 44.2 Å². The van der Waals surface area contributed by atoms with Crippen LogP contribution in [-0.2, 0) is 32.6 Å². The molecule has 31 heavy (non-hydrogen) atoms. The van der Waals surface area contributed by atoms with Crippen LogP contribution in [0.25, 0.3) is 0 Å². The lowest BCUT2D eigenvalue weighted by Gasteiger charge is -2.26. The second kappa shape index (κ2) is 11.1. The molecule has 1 saturated heterocycles. The third-order valence-corrected chi connectivity index (χ3v) is 7.26. The zero-order valence-electron chi connectivity index (χ0n) is 17.5. The first-order chi connectivity index (χ1) is 15.0. The fraction of sp³-hybridized carbons (Fsp3) is 0.391. The maximum Gasteiger partial charge on any atom is 0.243 e. The van der Waals surface area contributed by atoms with Gasteiger partial charge in [-0.05, 0) is 30.0 Å². The Labute approximate surface area is 183 Å². The lowest BCUT2D eigenvalue weighted by atomic mass is 10.1. The number of nitrogens with one attached hydrogen (secondary N) is 2. The summed E-state index contributed by atoms with van der Waals surface area (Å²) in [6, 6.07) is 16.2. The minimum Gasteiger partial charge on any atom is -0.355 e. The van der Waals surface area contributed by atoms with Gasteiger partial charge in [0.2, 0.25) is 21.8 Å². The molecule has 0 atom stereocenters. The molecule has 2 aromatic carbocycles. The van der Waals surface area contributed by atoms with E-state index in [2.05, 4.69) is 10.6 Å². The normalized spacial score (nSPS) is 14.7. The molecule has 8 heteroatoms. The van der Waals surface area contributed by atoms with Crippen molar-refractivity contribution < 1.29 is 18.0 Å². The SMILES string of the molecule is O=C(CCNC(=O)Cc1ccccc1)NCc1ccccc1S(=O)(=O)N1CCCCC1. The molecule has 0 unspecified atom stereocenters. The molecular weight excluding hydrogens is 414 g/mol. The Hall–Kier alpha value is -2.71. The van der Waals surface area contributed by atoms with Gasteiger partial charge in [-0.2, -0.15) is 4.31 Å². The standard InChI is InChI=1S/C23H29N3O4S/c27-22(13-14-24-23(28)17-19-9-3-1-4-10-19)25-18-20-11-5-6-12-21(20)31(29,30)26-15-7-2-8-16-26/h1,3-6,9-12H,2,7-8,13-18H2,(H,24,28)(H,25,27). The van der Waals surface area contributed by atoms with Gasteiger partial charge in [-0.15, -0.1) is 0 Å². The highest BCUT2D eigenvalue weighted by Gasteiger charge is 2.27. The molecule has 0 aromatic heterocycles. The van der Waals surface area contributed by atoms with Crippen LogP contribution in [0.3, 0.4) is 0 Å². The van der Waals surface area contributed by atoms with Crippen molar-refractivity contribution in [1.82, 2.24) is 14.9 Å². The van der Waals surface area contributed by atoms with Crippen LogP contribution < -0.4 is 10.6 Å². The first-order valence-electron chi connectivity index (χ1n) is 10.6. The van der Waals surface area contributed by atoms with Gasteiger partial charge in [0.05, 0.1) is 11.3 Å². The number of hydrogen-bond acceptors (Lipinski definition) is 4. The molecule has 3 rings (SSSR count). The summed E-state index contributed by atoms with van der Waals surface area (Å²) in [5, 5.41) is 5.50. The molecule has 0 radical (unpaired) electrons. The second-order valence-electron chi connectivity index (χ2n) is 7.61. The van der Waals surface area contributed by atoms with Crippen LogP contribution in [0.15, 0.2) is 59.5 Å². The fourth-order valence-electron chi connectivity index (χ4n) is 3.59. The first kappa shape index (κ1) is 23.0. The van der Waals surface area contributed by atoms with E-state index in [-0.39, 0.29) is 42.6 Å². The van der Waals surface area contributed by atoms with Gasteiger partial charge in [0, 0.05) is 32.6 Å². The molecule has 1 heterocycles. The Morgan fingerprint density at radius 2 is 1.52 bits per heavy atom. The van der Waals surface area contributed by atoms with Gasteiger partial charge in [-0.25, -0.2) is 8.42 Å². The van der Waals surface area contributed by atoms with E-state index in [0.717, 1.165) is 24.8 Å². The average Bonchev–Trinajstić information content (AvgIpc) is 2.79. The highest BCUT2D eigenvalue weighted by molar-refractivity contribution is 7.89. The molecule has 2 amide bonds. The van der Waals surface area contributed by atoms with Crippen LogP contribution in [0.1, 0.15) is 36.8 Å². The number of nitrogens with zero attached hydrogens (tertiary/aromatic N) is 1. The predicted octanol–water partition coefficient (Wildman–Crippen LogP) is 2.23. The summed E-state index contributed by atoms with van der Waals surface area (Å²) in [5.41, 5.74) is 1.48. The third kappa shape index (κ3) is 6.63. The van der Waals surface area contributed by atoms with E-state index in [4.69, 9.17) is 0 Å². The lowest BCUT2D eigenvalue weighted by molar-refractivity contribution is -0.122. The maximum atomic E-state index is 13.0. The van der Waals surface area contributed by atoms with E-state index in [1.807, 2.05) is 30.3 Å². The summed E-state index contributed by atoms with van der Waals surface area (Å²) >= 11 is 0. The smallest absolute Gasteiger partial charge is 0.243 e. The van der Waals surface area contributed by atoms with Gasteiger partial charge in [0.15, 0.2) is 0 Å². The van der Waals surface area contributed by atoms with Gasteiger partial charge in [-0.3, -0.25) is 9.59 Å². The van der Waals surface area contributed by atoms with E-state index in [9.17, 15) is 18.0 Å². The quantitative estimate of drug-likeness (QED) is 0.621. The van der Waals surface area contributed by atoms with Crippen molar-refractivity contribution in [3.8, 4) is 0 Å². The summed E-state index contributed by atoms with van der Waals surface area (Å²) in [6.45, 7) is 1.42. The highest BCUT2D eigenvalue weighted by Crippen LogP contribution is 2.23. The number of benzene rings is 2. The van der Waals surface area contributed by atoms with Crippen molar-refractivity contribution in [3.63, 3.8) is 0 Å². The molecule has 2 N–H and O–H groups in total. The topological polar surface area (TPSA) is 95.6 Å². The van der Waals surface area contributed by atoms with Crippen molar-refractivity contribution >= 4 is 21.8 Å². The molecule has 0 saturated carbocycles. The zero-order valence-corrected chi connectivity index (χ0v) is 18.4. The number of rotatable bonds is 9. The Morgan fingerprint density at radius 1 is 0.839 bits per heavy atom. The minimum absolute atomic E-state index is 0.125. The summed E-state index contributed by atoms with van der Waals surface area (Å²) in [5.74, 6) is -0.387. The van der Waals surface area contributed by atoms with E-state index in [1.54, 1.807) is 24.3 Å². The van der Waals surface area contributed by atoms with Crippen molar-refractivity contribution in [2.75, 3.05) is 19.6 Å². The Morgan fingerprint density at radius 3 is 2.26 bits per heavy atom. The molecule has 2 aromatic rings. The maximum absolute atomic E-state index is 13.0. The van der Waals surface area contributed by atoms with Crippen molar-refractivity contribution in [1.29, 1.82) is 0 Å². The summed E-state index contributed by atoms with van der Waals surface area (Å²) in [6.07, 6.45) is 3.18. The first-order valence-corrected chi connectivity index (χ1v) is 12.1. The van der Waals surface area contributed by atoms with Crippen molar-refractivity contribution in [2.45, 2.75) is 43.5 Å². The molecule has 0 bridgehead atoms. The van der Waals surface area contributed by atoms with Crippen molar-refractivity contribution in [3.05, 3.63) is 65.7 Å². The van der Waals surface area contributed by atoms with E-state index in [0.29, 0.717) is 18.7 Å². The van der Waals surface area contributed by atoms with Gasteiger partial charge in [-0.1, -0.05) is 55.0 Å². The van der Waals surface area contributed by atoms with Gasteiger partial charge >= 0.3 is 0 Å². The van der Waals surface area contributed by atoms with Crippen LogP contribution >= 0.6 is 0 Å². The van der Waals surface area contributed by atoms with Crippen LogP contribution in [0, 0.1) is 0 Å². The summed E-state index contributed by atoms with van der Waals surface area (Å²) in [4.78, 5) is 24.4. The largest absolute Gasteiger partial charge is 0.355 e. The number of carbonyl (C=O) groups is 2. The van der Waals surface area contributed by atoms with E-state index >= 15 is 0 Å². The Balaban J connectivity index is 1.48. The van der Waals surface area contributed by atoms with E-state index < -0.39 is 10.0 Å². The number of carbonyl (C=O) groups excluding carboxylic acids is 2. The Kier molecular flexibility index (Phi) is 8.20. The lowest BCUT2D eigenvalue weighted by Crippen LogP contribution is -2.36. The number of sulfonamides is 1. The molecule has 1 aliphatic rings. The highest BCUT2D eigenvalue weighted by atomic mass is 32.2. The zero-order chi connectivity index (χ0) is 22.1. The molecule has 7 nitrogen and oxygen atoms in total. The summed E-state index contributed by atoms with van der Waals surface area (Å²) < 4.78 is 27.6. The van der Waals surface area contributed by atoms with E-state index in [1.165, 1.54) is 4.31 Å². The number of hydrogen-bond donors (Lipinski definition) is 2. The second-order valence-corrected chi connectivity index (χ2v) is 9.52. The molecule has 1 fully saturated rings. The van der Waals surface area contributed by atoms with Crippen LogP contribution in [0.5, 0.6) is 0 Å².